The maximum Gasteiger partial charge on any atom is 0.345 e. The van der Waals surface area contributed by atoms with Gasteiger partial charge in [-0.25, -0.2) is 4.79 Å². The average Bonchev–Trinajstić information content (AvgIpc) is 3.37. The number of aliphatic hydroxyl groups excluding tert-OH is 1. The first-order valence-corrected chi connectivity index (χ1v) is 26.9. The number of alkyl halides is 2. The number of esters is 1. The van der Waals surface area contributed by atoms with Crippen LogP contribution in [0.3, 0.4) is 0 Å². The van der Waals surface area contributed by atoms with E-state index in [2.05, 4.69) is 0 Å². The number of ether oxygens (including phenoxy) is 8. The molecule has 4 fully saturated rings. The lowest BCUT2D eigenvalue weighted by Crippen LogP contribution is -2.61. The predicted octanol–water partition coefficient (Wildman–Crippen LogP) is 7.21. The number of fused-ring (bicyclic) bond motifs is 3. The maximum absolute atomic E-state index is 14.5. The summed E-state index contributed by atoms with van der Waals surface area (Å²) in [5, 5.41) is 23.7. The number of allylic oxidation sites excluding steroid dienone is 6. The van der Waals surface area contributed by atoms with Gasteiger partial charge in [-0.2, -0.15) is 8.78 Å². The van der Waals surface area contributed by atoms with E-state index in [-0.39, 0.29) is 61.9 Å². The summed E-state index contributed by atoms with van der Waals surface area (Å²) in [5.41, 5.74) is 1.17. The number of hydrogen-bond acceptors (Lipinski definition) is 15. The van der Waals surface area contributed by atoms with Gasteiger partial charge in [0, 0.05) is 51.4 Å². The van der Waals surface area contributed by atoms with Crippen LogP contribution in [0.2, 0.25) is 0 Å². The largest absolute Gasteiger partial charge is 0.460 e. The van der Waals surface area contributed by atoms with Gasteiger partial charge in [-0.15, -0.1) is 0 Å². The van der Waals surface area contributed by atoms with Crippen LogP contribution in [0, 0.1) is 35.5 Å². The van der Waals surface area contributed by atoms with E-state index in [1.165, 1.54) is 14.2 Å². The molecule has 1 saturated carbocycles. The zero-order valence-electron chi connectivity index (χ0n) is 45.1. The van der Waals surface area contributed by atoms with Crippen molar-refractivity contribution in [1.82, 2.24) is 4.90 Å². The lowest BCUT2D eigenvalue weighted by Gasteiger charge is -2.43. The Morgan fingerprint density at radius 2 is 1.64 bits per heavy atom. The van der Waals surface area contributed by atoms with Crippen molar-refractivity contribution in [2.45, 2.75) is 193 Å². The minimum absolute atomic E-state index is 0.0291. The second-order valence-corrected chi connectivity index (χ2v) is 21.6. The van der Waals surface area contributed by atoms with Crippen molar-refractivity contribution >= 4 is 29.2 Å². The molecule has 1 amide bonds. The number of methoxy groups -OCH3 is 2. The van der Waals surface area contributed by atoms with Gasteiger partial charge < -0.3 is 53.0 Å². The van der Waals surface area contributed by atoms with Gasteiger partial charge in [0.1, 0.15) is 36.2 Å². The number of Topliss-reactive ketones (excluding diaryl/α,β-unsaturated/α-hetero) is 3. The van der Waals surface area contributed by atoms with Crippen molar-refractivity contribution in [2.75, 3.05) is 47.2 Å². The van der Waals surface area contributed by atoms with E-state index in [0.717, 1.165) is 10.5 Å². The number of carbonyl (C=O) groups is 5. The van der Waals surface area contributed by atoms with Gasteiger partial charge in [0.05, 0.1) is 50.8 Å². The molecule has 0 aromatic rings. The quantitative estimate of drug-likeness (QED) is 0.126. The Morgan fingerprint density at radius 3 is 2.32 bits per heavy atom. The van der Waals surface area contributed by atoms with Crippen LogP contribution in [0.1, 0.15) is 126 Å². The van der Waals surface area contributed by atoms with Crippen LogP contribution in [0.15, 0.2) is 47.6 Å². The topological polar surface area (TPSA) is 203 Å². The average molecular weight is 1050 g/mol. The summed E-state index contributed by atoms with van der Waals surface area (Å²) in [6.45, 7) is 11.0. The molecule has 4 aliphatic heterocycles. The number of nitrogens with zero attached hydrogens (tertiary/aromatic N) is 1. The molecule has 18 heteroatoms. The van der Waals surface area contributed by atoms with Gasteiger partial charge in [0.2, 0.25) is 5.79 Å². The second-order valence-electron chi connectivity index (χ2n) is 21.6. The fourth-order valence-corrected chi connectivity index (χ4v) is 11.2. The van der Waals surface area contributed by atoms with Gasteiger partial charge in [0.15, 0.2) is 5.78 Å². The third-order valence-electron chi connectivity index (χ3n) is 15.8. The summed E-state index contributed by atoms with van der Waals surface area (Å²) in [5.74, 6) is -8.87. The number of amides is 1. The highest BCUT2D eigenvalue weighted by Gasteiger charge is 2.53. The van der Waals surface area contributed by atoms with Gasteiger partial charge in [-0.1, -0.05) is 71.1 Å². The Hall–Kier alpha value is -3.59. The fraction of sp³-hybridized carbons (Fsp3) is 0.768. The van der Waals surface area contributed by atoms with Crippen LogP contribution in [-0.2, 0) is 61.9 Å². The number of piperidine rings is 1. The van der Waals surface area contributed by atoms with E-state index in [0.29, 0.717) is 83.2 Å². The van der Waals surface area contributed by atoms with Crippen LogP contribution in [-0.4, -0.2) is 159 Å². The van der Waals surface area contributed by atoms with Crippen LogP contribution < -0.4 is 0 Å². The Balaban J connectivity index is 1.47. The Labute approximate surface area is 436 Å². The number of rotatable bonds is 10. The van der Waals surface area contributed by atoms with E-state index in [4.69, 9.17) is 37.9 Å². The van der Waals surface area contributed by atoms with E-state index >= 15 is 0 Å². The molecule has 418 valence electrons. The third kappa shape index (κ3) is 17.0. The van der Waals surface area contributed by atoms with E-state index < -0.39 is 102 Å². The summed E-state index contributed by atoms with van der Waals surface area (Å²) in [7, 11) is 2.79. The van der Waals surface area contributed by atoms with Crippen molar-refractivity contribution in [3.63, 3.8) is 0 Å². The van der Waals surface area contributed by atoms with Crippen molar-refractivity contribution < 1.29 is 80.9 Å². The van der Waals surface area contributed by atoms with E-state index in [9.17, 15) is 43.0 Å². The molecule has 0 spiro atoms. The first-order valence-electron chi connectivity index (χ1n) is 26.9. The molecule has 0 aromatic heterocycles. The highest BCUT2D eigenvalue weighted by atomic mass is 19.3. The number of halogens is 2. The van der Waals surface area contributed by atoms with Crippen molar-refractivity contribution in [3.05, 3.63) is 47.6 Å². The number of cyclic esters (lactones) is 1. The van der Waals surface area contributed by atoms with Gasteiger partial charge in [-0.05, 0) is 107 Å². The predicted molar refractivity (Wildman–Crippen MR) is 270 cm³/mol. The van der Waals surface area contributed by atoms with Crippen LogP contribution >= 0.6 is 0 Å². The van der Waals surface area contributed by atoms with Gasteiger partial charge in [0.25, 0.3) is 11.7 Å². The molecule has 3 saturated heterocycles. The number of hydrogen-bond donors (Lipinski definition) is 2. The molecular formula is C56H85F2NO15. The summed E-state index contributed by atoms with van der Waals surface area (Å²) in [4.78, 5) is 72.6. The first-order chi connectivity index (χ1) is 35.2. The molecule has 16 atom stereocenters. The highest BCUT2D eigenvalue weighted by molar-refractivity contribution is 6.39. The van der Waals surface area contributed by atoms with Crippen LogP contribution in [0.4, 0.5) is 8.78 Å². The summed E-state index contributed by atoms with van der Waals surface area (Å²) in [6.07, 6.45) is 8.58. The smallest absolute Gasteiger partial charge is 0.345 e. The summed E-state index contributed by atoms with van der Waals surface area (Å²) >= 11 is 0. The van der Waals surface area contributed by atoms with Crippen molar-refractivity contribution in [1.29, 1.82) is 0 Å². The number of aliphatic hydroxyl groups is 2. The summed E-state index contributed by atoms with van der Waals surface area (Å²) in [6, 6.07) is -1.22. The number of carbonyl (C=O) groups excluding carboxylic acids is 5. The van der Waals surface area contributed by atoms with Crippen molar-refractivity contribution in [2.24, 2.45) is 35.5 Å². The van der Waals surface area contributed by atoms with Crippen LogP contribution in [0.5, 0.6) is 0 Å². The van der Waals surface area contributed by atoms with E-state index in [1.807, 2.05) is 51.2 Å². The lowest BCUT2D eigenvalue weighted by molar-refractivity contribution is -0.266. The summed E-state index contributed by atoms with van der Waals surface area (Å²) < 4.78 is 73.0. The molecule has 74 heavy (non-hydrogen) atoms. The Kier molecular flexibility index (Phi) is 24.2. The maximum atomic E-state index is 14.5. The zero-order chi connectivity index (χ0) is 54.3. The molecule has 0 aromatic carbocycles. The number of ketones is 3. The molecule has 5 rings (SSSR count). The molecule has 2 N–H and O–H groups in total. The van der Waals surface area contributed by atoms with Gasteiger partial charge in [-0.3, -0.25) is 19.2 Å². The molecule has 2 bridgehead atoms. The minimum Gasteiger partial charge on any atom is -0.460 e. The van der Waals surface area contributed by atoms with E-state index in [1.54, 1.807) is 33.8 Å². The molecule has 0 radical (unpaired) electrons. The molecule has 4 heterocycles. The van der Waals surface area contributed by atoms with Gasteiger partial charge >= 0.3 is 12.6 Å². The zero-order valence-corrected chi connectivity index (χ0v) is 45.1. The second kappa shape index (κ2) is 29.2. The standard InChI is InChI=1S/C56H85F2NO15/c1-33-15-11-10-12-16-34(2)46(71-32-42-31-69-23-24-70-42)29-41-20-18-39(7)56(66,74-41)52(63)53(64)59-22-14-13-17-43(59)54(65)72-47(36(4)27-40-19-21-45(73-55(57)58)48(28-40)67-8)30-44(60)35(3)26-38(6)50(62)51(68-9)49(61)37(5)25-33/h10-12,15-16,26,33,35-37,39-43,45-48,50-51,55,62,66H,13-14,17-25,27-32H2,1-9H3/b12-10+,15-11+,34-16+,38-26+/t33-,35-,36-,37-,39-,40+,41+,42?,43+,45-,46?,47+,48-,50-,51+,56-/m1/s1. The Bertz CT molecular complexity index is 1990. The first kappa shape index (κ1) is 61.3. The molecule has 16 nitrogen and oxygen atoms in total. The molecule has 1 aliphatic carbocycles. The lowest BCUT2D eigenvalue weighted by atomic mass is 9.78. The fourth-order valence-electron chi connectivity index (χ4n) is 11.2. The monoisotopic (exact) mass is 1050 g/mol. The van der Waals surface area contributed by atoms with Crippen LogP contribution in [0.25, 0.3) is 0 Å². The SMILES string of the molecule is CO[C@@H]1C[C@H](C[C@@H](C)[C@@H]2CC(=O)[C@H](C)/C=C(\C)[C@@H](O)[C@@H](OC)C(=O)[C@H](C)C[C@H](C)/C=C/C=C/C=C(\C)C(OCC3COCCO3)C[C@@H]3CC[C@@H](C)[C@@](O)(O3)C(=O)C(=O)N3CCCC[C@H]3C(=O)O2)CC[C@H]1OC(F)F. The normalized spacial score (nSPS) is 39.3. The third-order valence-corrected chi connectivity index (χ3v) is 15.8. The van der Waals surface area contributed by atoms with Crippen molar-refractivity contribution in [3.8, 4) is 0 Å². The molecule has 2 unspecified atom stereocenters. The molecule has 5 aliphatic rings. The molecular weight excluding hydrogens is 965 g/mol. The Morgan fingerprint density at radius 1 is 0.878 bits per heavy atom. The minimum atomic E-state index is -2.96. The highest BCUT2D eigenvalue weighted by Crippen LogP contribution is 2.38.